The standard InChI is InChI=1S/C17H11Cl6NO2/c1-6-3-4-8(5-7(6)2)24-13(25)9-10(14(24)26)16(21)12(19)11(18)15(9,20)17(16,22)23/h3-5,9-10H,1-2H3/t9-,10-,15+,16+/m0/s1. The Hall–Kier alpha value is -0.160. The van der Waals surface area contributed by atoms with Crippen molar-refractivity contribution >= 4 is 87.1 Å². The molecule has 4 atom stereocenters. The molecule has 0 aromatic heterocycles. The van der Waals surface area contributed by atoms with Crippen molar-refractivity contribution in [2.45, 2.75) is 27.9 Å². The molecule has 1 aliphatic heterocycles. The Morgan fingerprint density at radius 1 is 0.846 bits per heavy atom. The van der Waals surface area contributed by atoms with Crippen molar-refractivity contribution in [2.24, 2.45) is 11.8 Å². The summed E-state index contributed by atoms with van der Waals surface area (Å²) in [4.78, 5) is 23.9. The number of anilines is 1. The molecule has 9 heteroatoms. The van der Waals surface area contributed by atoms with E-state index in [9.17, 15) is 9.59 Å². The van der Waals surface area contributed by atoms with Crippen LogP contribution < -0.4 is 4.90 Å². The number of amides is 2. The van der Waals surface area contributed by atoms with Gasteiger partial charge < -0.3 is 0 Å². The maximum Gasteiger partial charge on any atom is 0.240 e. The summed E-state index contributed by atoms with van der Waals surface area (Å²) in [5, 5.41) is -0.185. The fourth-order valence-electron chi connectivity index (χ4n) is 4.11. The summed E-state index contributed by atoms with van der Waals surface area (Å²) in [5.41, 5.74) is 2.39. The predicted octanol–water partition coefficient (Wildman–Crippen LogP) is 5.25. The van der Waals surface area contributed by atoms with Gasteiger partial charge >= 0.3 is 0 Å². The van der Waals surface area contributed by atoms with Crippen molar-refractivity contribution in [1.29, 1.82) is 0 Å². The van der Waals surface area contributed by atoms with Crippen molar-refractivity contribution in [3.63, 3.8) is 0 Å². The van der Waals surface area contributed by atoms with E-state index in [0.29, 0.717) is 5.69 Å². The maximum absolute atomic E-state index is 13.2. The van der Waals surface area contributed by atoms with Crippen LogP contribution in [0.2, 0.25) is 0 Å². The summed E-state index contributed by atoms with van der Waals surface area (Å²) in [6.45, 7) is 3.82. The molecule has 1 aromatic carbocycles. The maximum atomic E-state index is 13.2. The zero-order chi connectivity index (χ0) is 19.4. The normalized spacial score (nSPS) is 37.8. The van der Waals surface area contributed by atoms with Crippen molar-refractivity contribution < 1.29 is 9.59 Å². The van der Waals surface area contributed by atoms with Crippen LogP contribution in [0.3, 0.4) is 0 Å². The third-order valence-electron chi connectivity index (χ3n) is 5.66. The third-order valence-corrected chi connectivity index (χ3v) is 9.92. The minimum Gasteiger partial charge on any atom is -0.274 e. The summed E-state index contributed by atoms with van der Waals surface area (Å²) < 4.78 is -1.91. The van der Waals surface area contributed by atoms with Gasteiger partial charge in [-0.2, -0.15) is 0 Å². The second-order valence-electron chi connectivity index (χ2n) is 6.86. The van der Waals surface area contributed by atoms with Crippen molar-refractivity contribution in [2.75, 3.05) is 4.90 Å². The Morgan fingerprint density at radius 3 is 1.73 bits per heavy atom. The predicted molar refractivity (Wildman–Crippen MR) is 106 cm³/mol. The van der Waals surface area contributed by atoms with Gasteiger partial charge in [0.25, 0.3) is 0 Å². The van der Waals surface area contributed by atoms with Gasteiger partial charge in [0.15, 0.2) is 4.33 Å². The molecule has 4 rings (SSSR count). The lowest BCUT2D eigenvalue weighted by Gasteiger charge is -2.34. The van der Waals surface area contributed by atoms with E-state index in [0.717, 1.165) is 16.0 Å². The van der Waals surface area contributed by atoms with Gasteiger partial charge in [-0.05, 0) is 37.1 Å². The van der Waals surface area contributed by atoms with Crippen LogP contribution in [0, 0.1) is 25.7 Å². The molecule has 3 nitrogen and oxygen atoms in total. The number of fused-ring (bicyclic) bond motifs is 5. The number of imide groups is 1. The van der Waals surface area contributed by atoms with E-state index < -0.39 is 37.7 Å². The average molecular weight is 474 g/mol. The first-order valence-corrected chi connectivity index (χ1v) is 9.96. The van der Waals surface area contributed by atoms with Crippen LogP contribution in [-0.4, -0.2) is 25.9 Å². The van der Waals surface area contributed by atoms with Gasteiger partial charge in [-0.15, -0.1) is 23.2 Å². The molecular formula is C17H11Cl6NO2. The Labute approximate surface area is 180 Å². The van der Waals surface area contributed by atoms with E-state index in [1.165, 1.54) is 0 Å². The number of nitrogens with zero attached hydrogens (tertiary/aromatic N) is 1. The fourth-order valence-corrected chi connectivity index (χ4v) is 7.04. The quantitative estimate of drug-likeness (QED) is 0.412. The number of halogens is 6. The van der Waals surface area contributed by atoms with Crippen LogP contribution in [0.15, 0.2) is 28.3 Å². The van der Waals surface area contributed by atoms with E-state index in [-0.39, 0.29) is 10.1 Å². The zero-order valence-electron chi connectivity index (χ0n) is 13.4. The van der Waals surface area contributed by atoms with Crippen molar-refractivity contribution in [1.82, 2.24) is 0 Å². The first-order chi connectivity index (χ1) is 11.9. The van der Waals surface area contributed by atoms with Crippen molar-refractivity contribution in [3.8, 4) is 0 Å². The molecule has 0 N–H and O–H groups in total. The first kappa shape index (κ1) is 19.2. The first-order valence-electron chi connectivity index (χ1n) is 7.69. The highest BCUT2D eigenvalue weighted by molar-refractivity contribution is 6.67. The topological polar surface area (TPSA) is 37.4 Å². The third kappa shape index (κ3) is 1.81. The summed E-state index contributed by atoms with van der Waals surface area (Å²) >= 11 is 38.8. The van der Waals surface area contributed by atoms with Crippen LogP contribution in [0.25, 0.3) is 0 Å². The summed E-state index contributed by atoms with van der Waals surface area (Å²) in [6.07, 6.45) is 0. The van der Waals surface area contributed by atoms with Crippen LogP contribution in [0.1, 0.15) is 11.1 Å². The summed E-state index contributed by atoms with van der Waals surface area (Å²) in [7, 11) is 0. The highest BCUT2D eigenvalue weighted by Gasteiger charge is 2.87. The highest BCUT2D eigenvalue weighted by atomic mass is 35.5. The molecule has 1 aromatic rings. The Morgan fingerprint density at radius 2 is 1.31 bits per heavy atom. The molecule has 1 saturated heterocycles. The van der Waals surface area contributed by atoms with E-state index in [1.807, 2.05) is 19.9 Å². The van der Waals surface area contributed by atoms with E-state index in [2.05, 4.69) is 0 Å². The van der Waals surface area contributed by atoms with Gasteiger partial charge in [0.05, 0.1) is 27.6 Å². The molecular weight excluding hydrogens is 463 g/mol. The fraction of sp³-hybridized carbons (Fsp3) is 0.412. The molecule has 1 saturated carbocycles. The number of aryl methyl sites for hydroxylation is 2. The molecule has 0 radical (unpaired) electrons. The van der Waals surface area contributed by atoms with Crippen molar-refractivity contribution in [3.05, 3.63) is 39.4 Å². The van der Waals surface area contributed by atoms with E-state index >= 15 is 0 Å². The lowest BCUT2D eigenvalue weighted by Crippen LogP contribution is -2.50. The molecule has 1 heterocycles. The van der Waals surface area contributed by atoms with Crippen LogP contribution in [0.4, 0.5) is 5.69 Å². The van der Waals surface area contributed by atoms with Gasteiger partial charge in [0.1, 0.15) is 9.75 Å². The minimum atomic E-state index is -1.91. The number of carbonyl (C=O) groups excluding carboxylic acids is 2. The number of alkyl halides is 4. The summed E-state index contributed by atoms with van der Waals surface area (Å²) in [6, 6.07) is 5.27. The van der Waals surface area contributed by atoms with E-state index in [4.69, 9.17) is 69.6 Å². The summed E-state index contributed by atoms with van der Waals surface area (Å²) in [5.74, 6) is -3.32. The number of benzene rings is 1. The molecule has 3 aliphatic rings. The number of carbonyl (C=O) groups is 2. The lowest BCUT2D eigenvalue weighted by atomic mass is 9.84. The monoisotopic (exact) mass is 471 g/mol. The number of allylic oxidation sites excluding steroid dienone is 2. The molecule has 138 valence electrons. The van der Waals surface area contributed by atoms with Crippen LogP contribution in [-0.2, 0) is 9.59 Å². The Bertz CT molecular complexity index is 882. The lowest BCUT2D eigenvalue weighted by molar-refractivity contribution is -0.123. The molecule has 2 aliphatic carbocycles. The van der Waals surface area contributed by atoms with Gasteiger partial charge in [-0.3, -0.25) is 9.59 Å². The number of hydrogen-bond donors (Lipinski definition) is 0. The van der Waals surface area contributed by atoms with Crippen LogP contribution in [0.5, 0.6) is 0 Å². The van der Waals surface area contributed by atoms with Gasteiger partial charge in [-0.1, -0.05) is 52.5 Å². The molecule has 2 bridgehead atoms. The number of rotatable bonds is 1. The Balaban J connectivity index is 1.90. The molecule has 2 amide bonds. The highest BCUT2D eigenvalue weighted by Crippen LogP contribution is 2.77. The van der Waals surface area contributed by atoms with E-state index in [1.54, 1.807) is 12.1 Å². The average Bonchev–Trinajstić information content (AvgIpc) is 2.95. The zero-order valence-corrected chi connectivity index (χ0v) is 18.0. The molecule has 0 spiro atoms. The smallest absolute Gasteiger partial charge is 0.240 e. The largest absolute Gasteiger partial charge is 0.274 e. The molecule has 2 fully saturated rings. The SMILES string of the molecule is Cc1ccc(N2C(=O)[C@@H]3[C@@H](C2=O)[C@@]2(Cl)C(Cl)=C(Cl)[C@@]3(Cl)C2(Cl)Cl)cc1C. The minimum absolute atomic E-state index is 0.0924. The second kappa shape index (κ2) is 5.46. The van der Waals surface area contributed by atoms with Crippen LogP contribution >= 0.6 is 69.6 Å². The number of hydrogen-bond acceptors (Lipinski definition) is 2. The van der Waals surface area contributed by atoms with Gasteiger partial charge in [-0.25, -0.2) is 4.90 Å². The van der Waals surface area contributed by atoms with Gasteiger partial charge in [0, 0.05) is 0 Å². The molecule has 26 heavy (non-hydrogen) atoms. The molecule has 0 unspecified atom stereocenters. The second-order valence-corrected chi connectivity index (χ2v) is 10.1. The Kier molecular flexibility index (Phi) is 4.03. The van der Waals surface area contributed by atoms with Gasteiger partial charge in [0.2, 0.25) is 11.8 Å².